The van der Waals surface area contributed by atoms with Gasteiger partial charge in [0, 0.05) is 6.54 Å². The summed E-state index contributed by atoms with van der Waals surface area (Å²) in [6, 6.07) is 19.4. The SMILES string of the molecule is CC1(c2ccccc2)NC(=O)C(C)(C2CC2)N(Cc2ccccc2)C1=O. The van der Waals surface area contributed by atoms with Crippen molar-refractivity contribution < 1.29 is 9.59 Å². The molecule has 1 aliphatic heterocycles. The summed E-state index contributed by atoms with van der Waals surface area (Å²) in [6.45, 7) is 4.18. The minimum Gasteiger partial charge on any atom is -0.336 e. The predicted molar refractivity (Wildman–Crippen MR) is 100 cm³/mol. The third-order valence-electron chi connectivity index (χ3n) is 5.96. The first-order valence-corrected chi connectivity index (χ1v) is 9.20. The van der Waals surface area contributed by atoms with Crippen molar-refractivity contribution in [2.75, 3.05) is 0 Å². The molecule has 4 nitrogen and oxygen atoms in total. The topological polar surface area (TPSA) is 49.4 Å². The van der Waals surface area contributed by atoms with Crippen molar-refractivity contribution in [3.63, 3.8) is 0 Å². The van der Waals surface area contributed by atoms with Gasteiger partial charge in [-0.3, -0.25) is 9.59 Å². The number of hydrogen-bond donors (Lipinski definition) is 1. The van der Waals surface area contributed by atoms with Gasteiger partial charge in [-0.25, -0.2) is 0 Å². The number of carbonyl (C=O) groups excluding carboxylic acids is 2. The van der Waals surface area contributed by atoms with E-state index in [1.165, 1.54) is 0 Å². The van der Waals surface area contributed by atoms with Crippen molar-refractivity contribution in [1.82, 2.24) is 10.2 Å². The van der Waals surface area contributed by atoms with Gasteiger partial charge in [-0.15, -0.1) is 0 Å². The fraction of sp³-hybridized carbons (Fsp3) is 0.364. The van der Waals surface area contributed by atoms with Crippen LogP contribution >= 0.6 is 0 Å². The van der Waals surface area contributed by atoms with Crippen molar-refractivity contribution in [2.24, 2.45) is 5.92 Å². The van der Waals surface area contributed by atoms with Crippen LogP contribution in [0.25, 0.3) is 0 Å². The second-order valence-electron chi connectivity index (χ2n) is 7.74. The molecule has 1 aliphatic carbocycles. The van der Waals surface area contributed by atoms with Crippen LogP contribution in [0, 0.1) is 5.92 Å². The molecule has 4 rings (SSSR count). The molecule has 1 heterocycles. The lowest BCUT2D eigenvalue weighted by Gasteiger charge is -2.50. The van der Waals surface area contributed by atoms with Crippen molar-refractivity contribution in [2.45, 2.75) is 44.3 Å². The second kappa shape index (κ2) is 5.97. The standard InChI is InChI=1S/C22H24N2O2/c1-21(17-11-7-4-8-12-17)20(26)24(15-16-9-5-3-6-10-16)22(2,18-13-14-18)19(25)23-21/h3-12,18H,13-15H2,1-2H3,(H,23,25). The normalized spacial score (nSPS) is 28.8. The van der Waals surface area contributed by atoms with Crippen molar-refractivity contribution in [3.05, 3.63) is 71.8 Å². The number of piperazine rings is 1. The Kier molecular flexibility index (Phi) is 3.87. The van der Waals surface area contributed by atoms with E-state index in [2.05, 4.69) is 5.32 Å². The molecule has 26 heavy (non-hydrogen) atoms. The molecule has 134 valence electrons. The number of nitrogens with one attached hydrogen (secondary N) is 1. The number of rotatable bonds is 4. The van der Waals surface area contributed by atoms with Gasteiger partial charge < -0.3 is 10.2 Å². The maximum Gasteiger partial charge on any atom is 0.253 e. The molecule has 2 fully saturated rings. The fourth-order valence-corrected chi connectivity index (χ4v) is 4.03. The second-order valence-corrected chi connectivity index (χ2v) is 7.74. The van der Waals surface area contributed by atoms with Gasteiger partial charge in [0.2, 0.25) is 5.91 Å². The van der Waals surface area contributed by atoms with Gasteiger partial charge in [-0.2, -0.15) is 0 Å². The van der Waals surface area contributed by atoms with Gasteiger partial charge >= 0.3 is 0 Å². The number of hydrogen-bond acceptors (Lipinski definition) is 2. The minimum absolute atomic E-state index is 0.0402. The summed E-state index contributed by atoms with van der Waals surface area (Å²) in [5, 5.41) is 3.06. The molecule has 0 radical (unpaired) electrons. The van der Waals surface area contributed by atoms with E-state index in [4.69, 9.17) is 0 Å². The van der Waals surface area contributed by atoms with Crippen LogP contribution in [0.4, 0.5) is 0 Å². The molecule has 2 aromatic rings. The predicted octanol–water partition coefficient (Wildman–Crippen LogP) is 3.23. The highest BCUT2D eigenvalue weighted by Crippen LogP contribution is 2.47. The van der Waals surface area contributed by atoms with E-state index in [9.17, 15) is 9.59 Å². The zero-order chi connectivity index (χ0) is 18.4. The third kappa shape index (κ3) is 2.52. The van der Waals surface area contributed by atoms with E-state index in [1.54, 1.807) is 0 Å². The smallest absolute Gasteiger partial charge is 0.253 e. The Labute approximate surface area is 154 Å². The lowest BCUT2D eigenvalue weighted by Crippen LogP contribution is -2.73. The van der Waals surface area contributed by atoms with E-state index in [-0.39, 0.29) is 17.7 Å². The number of nitrogens with zero attached hydrogens (tertiary/aromatic N) is 1. The molecule has 0 spiro atoms. The number of benzene rings is 2. The first kappa shape index (κ1) is 16.8. The fourth-order valence-electron chi connectivity index (χ4n) is 4.03. The molecule has 0 aromatic heterocycles. The molecule has 1 N–H and O–H groups in total. The Bertz CT molecular complexity index is 832. The van der Waals surface area contributed by atoms with Gasteiger partial charge in [-0.05, 0) is 43.7 Å². The molecular weight excluding hydrogens is 324 g/mol. The molecule has 1 saturated carbocycles. The van der Waals surface area contributed by atoms with Crippen LogP contribution in [0.2, 0.25) is 0 Å². The number of carbonyl (C=O) groups is 2. The first-order chi connectivity index (χ1) is 12.5. The summed E-state index contributed by atoms with van der Waals surface area (Å²) in [7, 11) is 0. The molecule has 2 aromatic carbocycles. The molecular formula is C22H24N2O2. The van der Waals surface area contributed by atoms with E-state index in [0.29, 0.717) is 6.54 Å². The summed E-state index contributed by atoms with van der Waals surface area (Å²) in [5.41, 5.74) is 0.0232. The van der Waals surface area contributed by atoms with E-state index in [0.717, 1.165) is 24.0 Å². The average Bonchev–Trinajstić information content (AvgIpc) is 3.51. The molecule has 2 unspecified atom stereocenters. The van der Waals surface area contributed by atoms with Crippen molar-refractivity contribution in [3.8, 4) is 0 Å². The highest BCUT2D eigenvalue weighted by Gasteiger charge is 2.60. The van der Waals surface area contributed by atoms with Crippen LogP contribution < -0.4 is 5.32 Å². The quantitative estimate of drug-likeness (QED) is 0.922. The Hall–Kier alpha value is -2.62. The highest BCUT2D eigenvalue weighted by atomic mass is 16.2. The lowest BCUT2D eigenvalue weighted by molar-refractivity contribution is -0.164. The van der Waals surface area contributed by atoms with E-state index in [1.807, 2.05) is 79.4 Å². The van der Waals surface area contributed by atoms with Gasteiger partial charge in [0.05, 0.1) is 0 Å². The van der Waals surface area contributed by atoms with E-state index < -0.39 is 11.1 Å². The summed E-state index contributed by atoms with van der Waals surface area (Å²) >= 11 is 0. The molecule has 2 atom stereocenters. The van der Waals surface area contributed by atoms with Gasteiger partial charge in [0.15, 0.2) is 0 Å². The van der Waals surface area contributed by atoms with Crippen molar-refractivity contribution >= 4 is 11.8 Å². The van der Waals surface area contributed by atoms with Gasteiger partial charge in [0.25, 0.3) is 5.91 Å². The van der Waals surface area contributed by atoms with Crippen LogP contribution in [0.5, 0.6) is 0 Å². The molecule has 2 aliphatic rings. The Morgan fingerprint density at radius 3 is 2.12 bits per heavy atom. The highest BCUT2D eigenvalue weighted by molar-refractivity contribution is 6.02. The molecule has 0 bridgehead atoms. The third-order valence-corrected chi connectivity index (χ3v) is 5.96. The van der Waals surface area contributed by atoms with Crippen LogP contribution in [0.15, 0.2) is 60.7 Å². The summed E-state index contributed by atoms with van der Waals surface area (Å²) in [5.74, 6) is 0.138. The Balaban J connectivity index is 1.77. The van der Waals surface area contributed by atoms with Gasteiger partial charge in [-0.1, -0.05) is 60.7 Å². The maximum atomic E-state index is 13.7. The Morgan fingerprint density at radius 1 is 0.962 bits per heavy atom. The zero-order valence-corrected chi connectivity index (χ0v) is 15.2. The van der Waals surface area contributed by atoms with Crippen LogP contribution in [-0.2, 0) is 21.7 Å². The molecule has 1 saturated heterocycles. The monoisotopic (exact) mass is 348 g/mol. The minimum atomic E-state index is -1.04. The van der Waals surface area contributed by atoms with Crippen molar-refractivity contribution in [1.29, 1.82) is 0 Å². The van der Waals surface area contributed by atoms with E-state index >= 15 is 0 Å². The van der Waals surface area contributed by atoms with Crippen LogP contribution in [0.1, 0.15) is 37.8 Å². The molecule has 4 heteroatoms. The number of amides is 2. The summed E-state index contributed by atoms with van der Waals surface area (Å²) in [6.07, 6.45) is 1.98. The molecule has 2 amide bonds. The zero-order valence-electron chi connectivity index (χ0n) is 15.2. The summed E-state index contributed by atoms with van der Waals surface area (Å²) < 4.78 is 0. The maximum absolute atomic E-state index is 13.7. The summed E-state index contributed by atoms with van der Waals surface area (Å²) in [4.78, 5) is 28.7. The van der Waals surface area contributed by atoms with Gasteiger partial charge in [0.1, 0.15) is 11.1 Å². The van der Waals surface area contributed by atoms with Crippen LogP contribution in [0.3, 0.4) is 0 Å². The Morgan fingerprint density at radius 2 is 1.54 bits per heavy atom. The van der Waals surface area contributed by atoms with Crippen LogP contribution in [-0.4, -0.2) is 22.3 Å². The average molecular weight is 348 g/mol. The largest absolute Gasteiger partial charge is 0.336 e. The lowest BCUT2D eigenvalue weighted by atomic mass is 9.80. The first-order valence-electron chi connectivity index (χ1n) is 9.20.